The van der Waals surface area contributed by atoms with Gasteiger partial charge in [-0.05, 0) is 59.5 Å². The maximum atomic E-state index is 5.90. The molecule has 1 saturated heterocycles. The third-order valence-corrected chi connectivity index (χ3v) is 3.82. The summed E-state index contributed by atoms with van der Waals surface area (Å²) in [5.41, 5.74) is 1.17. The quantitative estimate of drug-likeness (QED) is 0.766. The van der Waals surface area contributed by atoms with Crippen LogP contribution in [-0.4, -0.2) is 12.9 Å². The van der Waals surface area contributed by atoms with Gasteiger partial charge in [0.1, 0.15) is 0 Å². The first-order valence-corrected chi connectivity index (χ1v) is 6.88. The number of hydrogen-bond acceptors (Lipinski definition) is 2. The van der Waals surface area contributed by atoms with Crippen LogP contribution in [0, 0.1) is 3.57 Å². The molecule has 0 unspecified atom stereocenters. The lowest BCUT2D eigenvalue weighted by atomic mass is 10.2. The van der Waals surface area contributed by atoms with Gasteiger partial charge in [-0.25, -0.2) is 0 Å². The average Bonchev–Trinajstić information content (AvgIpc) is 2.29. The molecule has 2 nitrogen and oxygen atoms in total. The standard InChI is InChI=1S/C12H14ClIO2/c13-10-5-4-9(11(14)7-10)8-16-12-3-1-2-6-15-12/h4-5,7,12H,1-3,6,8H2/t12-/m0/s1. The zero-order chi connectivity index (χ0) is 11.4. The molecule has 0 bridgehead atoms. The SMILES string of the molecule is Clc1ccc(CO[C@H]2CCCCO2)c(I)c1. The first-order valence-electron chi connectivity index (χ1n) is 5.43. The van der Waals surface area contributed by atoms with Gasteiger partial charge in [-0.15, -0.1) is 0 Å². The summed E-state index contributed by atoms with van der Waals surface area (Å²) in [6, 6.07) is 5.85. The summed E-state index contributed by atoms with van der Waals surface area (Å²) in [4.78, 5) is 0. The number of hydrogen-bond donors (Lipinski definition) is 0. The first-order chi connectivity index (χ1) is 7.75. The second-order valence-electron chi connectivity index (χ2n) is 3.84. The number of halogens is 2. The van der Waals surface area contributed by atoms with Crippen molar-refractivity contribution < 1.29 is 9.47 Å². The molecular formula is C12H14ClIO2. The molecular weight excluding hydrogens is 338 g/mol. The highest BCUT2D eigenvalue weighted by atomic mass is 127. The Labute approximate surface area is 114 Å². The van der Waals surface area contributed by atoms with Crippen molar-refractivity contribution in [2.24, 2.45) is 0 Å². The van der Waals surface area contributed by atoms with Gasteiger partial charge >= 0.3 is 0 Å². The van der Waals surface area contributed by atoms with E-state index in [0.717, 1.165) is 28.0 Å². The Morgan fingerprint density at radius 3 is 3.00 bits per heavy atom. The van der Waals surface area contributed by atoms with Crippen molar-refractivity contribution in [1.29, 1.82) is 0 Å². The molecule has 0 aromatic heterocycles. The predicted molar refractivity (Wildman–Crippen MR) is 72.5 cm³/mol. The third-order valence-electron chi connectivity index (χ3n) is 2.58. The van der Waals surface area contributed by atoms with Crippen LogP contribution >= 0.6 is 34.2 Å². The summed E-state index contributed by atoms with van der Waals surface area (Å²) in [6.45, 7) is 1.42. The van der Waals surface area contributed by atoms with Gasteiger partial charge in [-0.1, -0.05) is 17.7 Å². The molecule has 1 heterocycles. The molecule has 0 N–H and O–H groups in total. The molecule has 1 atom stereocenters. The molecule has 88 valence electrons. The molecule has 1 aliphatic rings. The monoisotopic (exact) mass is 352 g/mol. The molecule has 0 aliphatic carbocycles. The van der Waals surface area contributed by atoms with Crippen LogP contribution in [0.3, 0.4) is 0 Å². The van der Waals surface area contributed by atoms with Gasteiger partial charge < -0.3 is 9.47 Å². The number of rotatable bonds is 3. The minimum absolute atomic E-state index is 0.0276. The fraction of sp³-hybridized carbons (Fsp3) is 0.500. The van der Waals surface area contributed by atoms with Crippen LogP contribution in [0.2, 0.25) is 5.02 Å². The Morgan fingerprint density at radius 1 is 1.44 bits per heavy atom. The van der Waals surface area contributed by atoms with Crippen LogP contribution < -0.4 is 0 Å². The molecule has 0 radical (unpaired) electrons. The Morgan fingerprint density at radius 2 is 2.31 bits per heavy atom. The van der Waals surface area contributed by atoms with Crippen LogP contribution in [-0.2, 0) is 16.1 Å². The Kier molecular flexibility index (Phi) is 4.88. The normalized spacial score (nSPS) is 21.0. The molecule has 16 heavy (non-hydrogen) atoms. The van der Waals surface area contributed by atoms with Gasteiger partial charge in [0.25, 0.3) is 0 Å². The number of benzene rings is 1. The largest absolute Gasteiger partial charge is 0.353 e. The highest BCUT2D eigenvalue weighted by Crippen LogP contribution is 2.21. The van der Waals surface area contributed by atoms with Gasteiger partial charge in [0, 0.05) is 15.2 Å². The van der Waals surface area contributed by atoms with Crippen LogP contribution in [0.15, 0.2) is 18.2 Å². The van der Waals surface area contributed by atoms with Gasteiger partial charge in [0.2, 0.25) is 0 Å². The summed E-state index contributed by atoms with van der Waals surface area (Å²) in [7, 11) is 0. The van der Waals surface area contributed by atoms with E-state index in [0.29, 0.717) is 6.61 Å². The van der Waals surface area contributed by atoms with E-state index in [1.54, 1.807) is 0 Å². The summed E-state index contributed by atoms with van der Waals surface area (Å²) in [5, 5.41) is 0.766. The van der Waals surface area contributed by atoms with E-state index in [9.17, 15) is 0 Å². The van der Waals surface area contributed by atoms with Crippen molar-refractivity contribution in [2.75, 3.05) is 6.61 Å². The summed E-state index contributed by atoms with van der Waals surface area (Å²) >= 11 is 8.17. The molecule has 1 aliphatic heterocycles. The van der Waals surface area contributed by atoms with Crippen LogP contribution in [0.25, 0.3) is 0 Å². The summed E-state index contributed by atoms with van der Waals surface area (Å²) in [5.74, 6) is 0. The molecule has 1 aromatic rings. The zero-order valence-corrected chi connectivity index (χ0v) is 11.8. The van der Waals surface area contributed by atoms with E-state index in [-0.39, 0.29) is 6.29 Å². The molecule has 0 saturated carbocycles. The van der Waals surface area contributed by atoms with Gasteiger partial charge in [-0.3, -0.25) is 0 Å². The first kappa shape index (κ1) is 12.6. The second-order valence-corrected chi connectivity index (χ2v) is 5.44. The number of ether oxygens (including phenoxy) is 2. The van der Waals surface area contributed by atoms with E-state index < -0.39 is 0 Å². The van der Waals surface area contributed by atoms with Gasteiger partial charge in [0.15, 0.2) is 6.29 Å². The minimum atomic E-state index is -0.0276. The van der Waals surface area contributed by atoms with E-state index in [1.807, 2.05) is 18.2 Å². The van der Waals surface area contributed by atoms with E-state index >= 15 is 0 Å². The van der Waals surface area contributed by atoms with Gasteiger partial charge in [-0.2, -0.15) is 0 Å². The van der Waals surface area contributed by atoms with Crippen molar-refractivity contribution in [2.45, 2.75) is 32.2 Å². The highest BCUT2D eigenvalue weighted by molar-refractivity contribution is 14.1. The smallest absolute Gasteiger partial charge is 0.158 e. The molecule has 2 rings (SSSR count). The Balaban J connectivity index is 1.88. The molecule has 0 amide bonds. The van der Waals surface area contributed by atoms with E-state index in [4.69, 9.17) is 21.1 Å². The maximum Gasteiger partial charge on any atom is 0.158 e. The van der Waals surface area contributed by atoms with Crippen molar-refractivity contribution >= 4 is 34.2 Å². The topological polar surface area (TPSA) is 18.5 Å². The van der Waals surface area contributed by atoms with Crippen LogP contribution in [0.1, 0.15) is 24.8 Å². The lowest BCUT2D eigenvalue weighted by molar-refractivity contribution is -0.169. The van der Waals surface area contributed by atoms with E-state index in [2.05, 4.69) is 22.6 Å². The van der Waals surface area contributed by atoms with Crippen LogP contribution in [0.5, 0.6) is 0 Å². The zero-order valence-electron chi connectivity index (χ0n) is 8.92. The predicted octanol–water partition coefficient (Wildman–Crippen LogP) is 3.99. The van der Waals surface area contributed by atoms with Crippen LogP contribution in [0.4, 0.5) is 0 Å². The summed E-state index contributed by atoms with van der Waals surface area (Å²) in [6.07, 6.45) is 3.32. The van der Waals surface area contributed by atoms with E-state index in [1.165, 1.54) is 12.0 Å². The van der Waals surface area contributed by atoms with Crippen molar-refractivity contribution in [3.8, 4) is 0 Å². The fourth-order valence-electron chi connectivity index (χ4n) is 1.66. The molecule has 1 fully saturated rings. The van der Waals surface area contributed by atoms with Gasteiger partial charge in [0.05, 0.1) is 6.61 Å². The Hall–Kier alpha value is 0.160. The Bertz CT molecular complexity index is 351. The fourth-order valence-corrected chi connectivity index (χ4v) is 2.69. The van der Waals surface area contributed by atoms with Crippen molar-refractivity contribution in [1.82, 2.24) is 0 Å². The minimum Gasteiger partial charge on any atom is -0.353 e. The molecule has 4 heteroatoms. The lowest BCUT2D eigenvalue weighted by Gasteiger charge is -2.22. The average molecular weight is 353 g/mol. The molecule has 1 aromatic carbocycles. The highest BCUT2D eigenvalue weighted by Gasteiger charge is 2.14. The summed E-state index contributed by atoms with van der Waals surface area (Å²) < 4.78 is 12.4. The molecule has 0 spiro atoms. The lowest BCUT2D eigenvalue weighted by Crippen LogP contribution is -2.22. The third kappa shape index (κ3) is 3.58. The maximum absolute atomic E-state index is 5.90. The van der Waals surface area contributed by atoms with Crippen molar-refractivity contribution in [3.63, 3.8) is 0 Å². The second kappa shape index (κ2) is 6.19. The van der Waals surface area contributed by atoms with Crippen molar-refractivity contribution in [3.05, 3.63) is 32.4 Å².